The molecule has 0 unspecified atom stereocenters. The highest BCUT2D eigenvalue weighted by molar-refractivity contribution is 5.89. The molecular weight excluding hydrogens is 234 g/mol. The summed E-state index contributed by atoms with van der Waals surface area (Å²) in [5.74, 6) is -1.16. The lowest BCUT2D eigenvalue weighted by atomic mass is 10.0. The Bertz CT molecular complexity index is 448. The molecular formula is C13H19NO4. The monoisotopic (exact) mass is 253 g/mol. The number of carbonyl (C=O) groups excluding carboxylic acids is 1. The third-order valence-electron chi connectivity index (χ3n) is 2.89. The van der Waals surface area contributed by atoms with E-state index in [9.17, 15) is 9.59 Å². The highest BCUT2D eigenvalue weighted by Gasteiger charge is 2.17. The first kappa shape index (κ1) is 14.3. The average Bonchev–Trinajstić information content (AvgIpc) is 2.56. The van der Waals surface area contributed by atoms with Gasteiger partial charge < -0.3 is 14.8 Å². The van der Waals surface area contributed by atoms with E-state index >= 15 is 0 Å². The SMILES string of the molecule is CCOC(=O)c1[nH]c(C)c(CCCC(=O)O)c1C. The van der Waals surface area contributed by atoms with Crippen LogP contribution in [-0.2, 0) is 16.0 Å². The van der Waals surface area contributed by atoms with Crippen LogP contribution < -0.4 is 0 Å². The van der Waals surface area contributed by atoms with Crippen molar-refractivity contribution < 1.29 is 19.4 Å². The molecule has 0 spiro atoms. The molecule has 0 saturated heterocycles. The molecule has 0 atom stereocenters. The summed E-state index contributed by atoms with van der Waals surface area (Å²) in [6.07, 6.45) is 1.36. The number of H-pyrrole nitrogens is 1. The van der Waals surface area contributed by atoms with E-state index in [1.807, 2.05) is 13.8 Å². The van der Waals surface area contributed by atoms with E-state index < -0.39 is 5.97 Å². The highest BCUT2D eigenvalue weighted by atomic mass is 16.5. The predicted molar refractivity (Wildman–Crippen MR) is 66.8 cm³/mol. The highest BCUT2D eigenvalue weighted by Crippen LogP contribution is 2.20. The summed E-state index contributed by atoms with van der Waals surface area (Å²) in [4.78, 5) is 25.2. The molecule has 0 aliphatic heterocycles. The number of aromatic amines is 1. The smallest absolute Gasteiger partial charge is 0.355 e. The van der Waals surface area contributed by atoms with Crippen molar-refractivity contribution in [3.05, 3.63) is 22.5 Å². The lowest BCUT2D eigenvalue weighted by molar-refractivity contribution is -0.137. The van der Waals surface area contributed by atoms with Gasteiger partial charge in [0, 0.05) is 12.1 Å². The number of carboxylic acid groups (broad SMARTS) is 1. The molecule has 5 heteroatoms. The van der Waals surface area contributed by atoms with Crippen molar-refractivity contribution in [3.63, 3.8) is 0 Å². The summed E-state index contributed by atoms with van der Waals surface area (Å²) >= 11 is 0. The van der Waals surface area contributed by atoms with Crippen LogP contribution in [-0.4, -0.2) is 28.6 Å². The summed E-state index contributed by atoms with van der Waals surface area (Å²) in [5.41, 5.74) is 3.25. The zero-order valence-corrected chi connectivity index (χ0v) is 11.0. The van der Waals surface area contributed by atoms with Crippen LogP contribution in [0.25, 0.3) is 0 Å². The van der Waals surface area contributed by atoms with Gasteiger partial charge in [0.2, 0.25) is 0 Å². The molecule has 0 amide bonds. The number of nitrogens with one attached hydrogen (secondary N) is 1. The standard InChI is InChI=1S/C13H19NO4/c1-4-18-13(17)12-8(2)10(9(3)14-12)6-5-7-11(15)16/h14H,4-7H2,1-3H3,(H,15,16). The van der Waals surface area contributed by atoms with Crippen molar-refractivity contribution >= 4 is 11.9 Å². The minimum absolute atomic E-state index is 0.138. The number of hydrogen-bond acceptors (Lipinski definition) is 3. The van der Waals surface area contributed by atoms with Gasteiger partial charge in [-0.05, 0) is 44.7 Å². The fourth-order valence-corrected chi connectivity index (χ4v) is 1.99. The van der Waals surface area contributed by atoms with E-state index in [4.69, 9.17) is 9.84 Å². The van der Waals surface area contributed by atoms with Crippen LogP contribution in [0.5, 0.6) is 0 Å². The quantitative estimate of drug-likeness (QED) is 0.762. The zero-order valence-electron chi connectivity index (χ0n) is 11.0. The predicted octanol–water partition coefficient (Wildman–Crippen LogP) is 2.22. The zero-order chi connectivity index (χ0) is 13.7. The Labute approximate surface area is 106 Å². The minimum atomic E-state index is -0.800. The van der Waals surface area contributed by atoms with Gasteiger partial charge in [-0.3, -0.25) is 4.79 Å². The first-order valence-corrected chi connectivity index (χ1v) is 6.04. The van der Waals surface area contributed by atoms with E-state index in [0.29, 0.717) is 25.1 Å². The molecule has 1 aromatic heterocycles. The summed E-state index contributed by atoms with van der Waals surface area (Å²) in [6, 6.07) is 0. The van der Waals surface area contributed by atoms with Crippen molar-refractivity contribution in [1.82, 2.24) is 4.98 Å². The van der Waals surface area contributed by atoms with Crippen LogP contribution in [0.1, 0.15) is 47.1 Å². The Morgan fingerprint density at radius 3 is 2.56 bits per heavy atom. The van der Waals surface area contributed by atoms with Gasteiger partial charge in [-0.1, -0.05) is 0 Å². The average molecular weight is 253 g/mol. The second-order valence-corrected chi connectivity index (χ2v) is 4.20. The molecule has 18 heavy (non-hydrogen) atoms. The van der Waals surface area contributed by atoms with Crippen LogP contribution in [0.4, 0.5) is 0 Å². The van der Waals surface area contributed by atoms with Gasteiger partial charge >= 0.3 is 11.9 Å². The van der Waals surface area contributed by atoms with Crippen molar-refractivity contribution in [2.24, 2.45) is 0 Å². The third kappa shape index (κ3) is 3.35. The molecule has 1 heterocycles. The molecule has 0 fully saturated rings. The maximum absolute atomic E-state index is 11.7. The Balaban J connectivity index is 2.80. The largest absolute Gasteiger partial charge is 0.481 e. The third-order valence-corrected chi connectivity index (χ3v) is 2.89. The van der Waals surface area contributed by atoms with E-state index in [1.165, 1.54) is 0 Å². The lowest BCUT2D eigenvalue weighted by Gasteiger charge is -2.02. The first-order chi connectivity index (χ1) is 8.47. The lowest BCUT2D eigenvalue weighted by Crippen LogP contribution is -2.06. The molecule has 0 bridgehead atoms. The number of aromatic nitrogens is 1. The molecule has 0 aliphatic rings. The second-order valence-electron chi connectivity index (χ2n) is 4.20. The van der Waals surface area contributed by atoms with Crippen LogP contribution >= 0.6 is 0 Å². The van der Waals surface area contributed by atoms with Gasteiger partial charge in [0.25, 0.3) is 0 Å². The van der Waals surface area contributed by atoms with Gasteiger partial charge in [-0.2, -0.15) is 0 Å². The molecule has 0 aliphatic carbocycles. The van der Waals surface area contributed by atoms with E-state index in [0.717, 1.165) is 16.8 Å². The molecule has 0 aromatic carbocycles. The first-order valence-electron chi connectivity index (χ1n) is 6.04. The van der Waals surface area contributed by atoms with E-state index in [-0.39, 0.29) is 12.4 Å². The molecule has 2 N–H and O–H groups in total. The van der Waals surface area contributed by atoms with Crippen LogP contribution in [0.15, 0.2) is 0 Å². The maximum Gasteiger partial charge on any atom is 0.355 e. The number of rotatable bonds is 6. The van der Waals surface area contributed by atoms with Crippen molar-refractivity contribution in [3.8, 4) is 0 Å². The van der Waals surface area contributed by atoms with E-state index in [1.54, 1.807) is 6.92 Å². The number of aryl methyl sites for hydroxylation is 1. The number of ether oxygens (including phenoxy) is 1. The molecule has 0 saturated carbocycles. The van der Waals surface area contributed by atoms with Gasteiger partial charge in [0.05, 0.1) is 6.61 Å². The Morgan fingerprint density at radius 2 is 2.00 bits per heavy atom. The van der Waals surface area contributed by atoms with Crippen LogP contribution in [0.3, 0.4) is 0 Å². The summed E-state index contributed by atoms with van der Waals surface area (Å²) in [7, 11) is 0. The maximum atomic E-state index is 11.7. The number of esters is 1. The number of hydrogen-bond donors (Lipinski definition) is 2. The van der Waals surface area contributed by atoms with Crippen molar-refractivity contribution in [1.29, 1.82) is 0 Å². The molecule has 1 aromatic rings. The number of carboxylic acids is 1. The number of carbonyl (C=O) groups is 2. The summed E-state index contributed by atoms with van der Waals surface area (Å²) in [5, 5.41) is 8.61. The summed E-state index contributed by atoms with van der Waals surface area (Å²) in [6.45, 7) is 5.83. The van der Waals surface area contributed by atoms with E-state index in [2.05, 4.69) is 4.98 Å². The van der Waals surface area contributed by atoms with Crippen LogP contribution in [0.2, 0.25) is 0 Å². The fraction of sp³-hybridized carbons (Fsp3) is 0.538. The normalized spacial score (nSPS) is 10.4. The minimum Gasteiger partial charge on any atom is -0.481 e. The fourth-order valence-electron chi connectivity index (χ4n) is 1.99. The summed E-state index contributed by atoms with van der Waals surface area (Å²) < 4.78 is 4.96. The Hall–Kier alpha value is -1.78. The van der Waals surface area contributed by atoms with Gasteiger partial charge in [-0.25, -0.2) is 4.79 Å². The molecule has 100 valence electrons. The molecule has 5 nitrogen and oxygen atoms in total. The van der Waals surface area contributed by atoms with Gasteiger partial charge in [0.1, 0.15) is 5.69 Å². The topological polar surface area (TPSA) is 79.4 Å². The van der Waals surface area contributed by atoms with Crippen LogP contribution in [0, 0.1) is 13.8 Å². The molecule has 1 rings (SSSR count). The Kier molecular flexibility index (Phi) is 4.95. The Morgan fingerprint density at radius 1 is 1.33 bits per heavy atom. The van der Waals surface area contributed by atoms with Gasteiger partial charge in [-0.15, -0.1) is 0 Å². The van der Waals surface area contributed by atoms with Crippen molar-refractivity contribution in [2.45, 2.75) is 40.0 Å². The second kappa shape index (κ2) is 6.23. The van der Waals surface area contributed by atoms with Gasteiger partial charge in [0.15, 0.2) is 0 Å². The number of aliphatic carboxylic acids is 1. The molecule has 0 radical (unpaired) electrons. The van der Waals surface area contributed by atoms with Crippen molar-refractivity contribution in [2.75, 3.05) is 6.61 Å².